The van der Waals surface area contributed by atoms with E-state index in [9.17, 15) is 26.0 Å². The second-order valence-electron chi connectivity index (χ2n) is 9.17. The lowest BCUT2D eigenvalue weighted by Gasteiger charge is -2.22. The van der Waals surface area contributed by atoms with Crippen molar-refractivity contribution in [3.8, 4) is 0 Å². The Labute approximate surface area is 233 Å². The number of rotatable bonds is 11. The Morgan fingerprint density at radius 3 is 2.15 bits per heavy atom. The monoisotopic (exact) mass is 593 g/mol. The summed E-state index contributed by atoms with van der Waals surface area (Å²) in [5.41, 5.74) is 0.944. The van der Waals surface area contributed by atoms with Crippen molar-refractivity contribution in [3.63, 3.8) is 0 Å². The zero-order valence-electron chi connectivity index (χ0n) is 21.1. The zero-order chi connectivity index (χ0) is 28.0. The van der Waals surface area contributed by atoms with Crippen molar-refractivity contribution < 1.29 is 26.0 Å². The molecular weight excluding hydrogens is 565 g/mol. The maximum atomic E-state index is 14.3. The standard InChI is InChI=1S/C27H29ClFN3O5S2/c28-23-9-13-25(14-10-23)39(36,37)32(19-22-5-1-2-6-26(22)29)20-27(33)30-16-15-21-7-11-24(12-8-21)38(34,35)31-17-3-4-18-31/h1-2,5-14H,3-4,15-20H2,(H,30,33). The number of hydrogen-bond acceptors (Lipinski definition) is 5. The van der Waals surface area contributed by atoms with Crippen LogP contribution in [-0.4, -0.2) is 57.5 Å². The molecule has 1 saturated heterocycles. The van der Waals surface area contributed by atoms with Crippen LogP contribution in [0.1, 0.15) is 24.0 Å². The van der Waals surface area contributed by atoms with Crippen LogP contribution in [0.25, 0.3) is 0 Å². The summed E-state index contributed by atoms with van der Waals surface area (Å²) >= 11 is 5.89. The summed E-state index contributed by atoms with van der Waals surface area (Å²) in [6, 6.07) is 17.8. The molecule has 12 heteroatoms. The van der Waals surface area contributed by atoms with Crippen molar-refractivity contribution in [1.82, 2.24) is 13.9 Å². The lowest BCUT2D eigenvalue weighted by Crippen LogP contribution is -2.41. The van der Waals surface area contributed by atoms with Gasteiger partial charge in [0.25, 0.3) is 0 Å². The molecule has 8 nitrogen and oxygen atoms in total. The summed E-state index contributed by atoms with van der Waals surface area (Å²) in [7, 11) is -7.65. The Hall–Kier alpha value is -2.83. The average molecular weight is 594 g/mol. The molecule has 1 amide bonds. The minimum absolute atomic E-state index is 0.0694. The van der Waals surface area contributed by atoms with Crippen molar-refractivity contribution in [1.29, 1.82) is 0 Å². The molecule has 208 valence electrons. The van der Waals surface area contributed by atoms with Gasteiger partial charge in [-0.25, -0.2) is 21.2 Å². The van der Waals surface area contributed by atoms with Crippen molar-refractivity contribution in [2.75, 3.05) is 26.2 Å². The van der Waals surface area contributed by atoms with Gasteiger partial charge in [0.05, 0.1) is 16.3 Å². The lowest BCUT2D eigenvalue weighted by atomic mass is 10.1. The van der Waals surface area contributed by atoms with Crippen LogP contribution in [0.2, 0.25) is 5.02 Å². The van der Waals surface area contributed by atoms with E-state index in [0.717, 1.165) is 22.7 Å². The second kappa shape index (κ2) is 12.6. The molecule has 3 aromatic carbocycles. The summed E-state index contributed by atoms with van der Waals surface area (Å²) < 4.78 is 68.8. The van der Waals surface area contributed by atoms with Gasteiger partial charge in [-0.3, -0.25) is 4.79 Å². The molecule has 3 aromatic rings. The predicted octanol–water partition coefficient (Wildman–Crippen LogP) is 3.81. The molecule has 0 aromatic heterocycles. The molecule has 1 aliphatic heterocycles. The van der Waals surface area contributed by atoms with Crippen LogP contribution in [0.5, 0.6) is 0 Å². The van der Waals surface area contributed by atoms with E-state index in [4.69, 9.17) is 11.6 Å². The zero-order valence-corrected chi connectivity index (χ0v) is 23.5. The number of nitrogens with zero attached hydrogens (tertiary/aromatic N) is 2. The van der Waals surface area contributed by atoms with E-state index < -0.39 is 38.3 Å². The molecule has 1 N–H and O–H groups in total. The largest absolute Gasteiger partial charge is 0.355 e. The summed E-state index contributed by atoms with van der Waals surface area (Å²) in [6.07, 6.45) is 2.12. The minimum atomic E-state index is -4.14. The van der Waals surface area contributed by atoms with E-state index >= 15 is 0 Å². The van der Waals surface area contributed by atoms with Crippen LogP contribution in [0.3, 0.4) is 0 Å². The summed E-state index contributed by atoms with van der Waals surface area (Å²) in [4.78, 5) is 12.9. The van der Waals surface area contributed by atoms with Crippen molar-refractivity contribution in [2.45, 2.75) is 35.6 Å². The van der Waals surface area contributed by atoms with Gasteiger partial charge in [-0.15, -0.1) is 0 Å². The fourth-order valence-electron chi connectivity index (χ4n) is 4.27. The van der Waals surface area contributed by atoms with Gasteiger partial charge in [0, 0.05) is 36.8 Å². The normalized spacial score (nSPS) is 14.5. The van der Waals surface area contributed by atoms with Crippen LogP contribution < -0.4 is 5.32 Å². The topological polar surface area (TPSA) is 104 Å². The van der Waals surface area contributed by atoms with E-state index in [0.29, 0.717) is 24.5 Å². The first-order valence-electron chi connectivity index (χ1n) is 12.4. The molecule has 0 radical (unpaired) electrons. The van der Waals surface area contributed by atoms with Crippen LogP contribution in [-0.2, 0) is 37.8 Å². The molecule has 39 heavy (non-hydrogen) atoms. The number of amides is 1. The number of benzene rings is 3. The molecule has 1 fully saturated rings. The van der Waals surface area contributed by atoms with Gasteiger partial charge >= 0.3 is 0 Å². The first kappa shape index (κ1) is 29.2. The first-order valence-corrected chi connectivity index (χ1v) is 15.7. The molecule has 0 atom stereocenters. The fourth-order valence-corrected chi connectivity index (χ4v) is 7.28. The maximum Gasteiger partial charge on any atom is 0.243 e. The molecule has 0 saturated carbocycles. The minimum Gasteiger partial charge on any atom is -0.355 e. The number of halogens is 2. The lowest BCUT2D eigenvalue weighted by molar-refractivity contribution is -0.121. The first-order chi connectivity index (χ1) is 18.6. The van der Waals surface area contributed by atoms with E-state index in [1.807, 2.05) is 0 Å². The molecular formula is C27H29ClFN3O5S2. The highest BCUT2D eigenvalue weighted by atomic mass is 35.5. The Morgan fingerprint density at radius 1 is 0.897 bits per heavy atom. The number of hydrogen-bond donors (Lipinski definition) is 1. The quantitative estimate of drug-likeness (QED) is 0.364. The number of sulfonamides is 2. The average Bonchev–Trinajstić information content (AvgIpc) is 3.46. The third-order valence-corrected chi connectivity index (χ3v) is 10.4. The van der Waals surface area contributed by atoms with Crippen LogP contribution in [0.15, 0.2) is 82.6 Å². The second-order valence-corrected chi connectivity index (χ2v) is 13.5. The maximum absolute atomic E-state index is 14.3. The van der Waals surface area contributed by atoms with Crippen molar-refractivity contribution in [3.05, 3.63) is 94.8 Å². The molecule has 1 heterocycles. The van der Waals surface area contributed by atoms with Gasteiger partial charge in [-0.1, -0.05) is 41.9 Å². The Morgan fingerprint density at radius 2 is 1.51 bits per heavy atom. The van der Waals surface area contributed by atoms with Crippen LogP contribution in [0.4, 0.5) is 4.39 Å². The van der Waals surface area contributed by atoms with E-state index in [-0.39, 0.29) is 28.4 Å². The third kappa shape index (κ3) is 7.23. The smallest absolute Gasteiger partial charge is 0.243 e. The number of carbonyl (C=O) groups is 1. The van der Waals surface area contributed by atoms with Crippen LogP contribution in [0, 0.1) is 5.82 Å². The SMILES string of the molecule is O=C(CN(Cc1ccccc1F)S(=O)(=O)c1ccc(Cl)cc1)NCCc1ccc(S(=O)(=O)N2CCCC2)cc1. The van der Waals surface area contributed by atoms with Gasteiger partial charge in [0.15, 0.2) is 0 Å². The summed E-state index contributed by atoms with van der Waals surface area (Å²) in [5, 5.41) is 3.05. The van der Waals surface area contributed by atoms with E-state index in [2.05, 4.69) is 5.32 Å². The van der Waals surface area contributed by atoms with Gasteiger partial charge in [-0.2, -0.15) is 8.61 Å². The molecule has 1 aliphatic rings. The summed E-state index contributed by atoms with van der Waals surface area (Å²) in [5.74, 6) is -1.14. The number of carbonyl (C=O) groups excluding carboxylic acids is 1. The molecule has 0 spiro atoms. The van der Waals surface area contributed by atoms with E-state index in [1.54, 1.807) is 30.3 Å². The van der Waals surface area contributed by atoms with Crippen molar-refractivity contribution >= 4 is 37.6 Å². The van der Waals surface area contributed by atoms with E-state index in [1.165, 1.54) is 46.8 Å². The molecule has 4 rings (SSSR count). The Kier molecular flexibility index (Phi) is 9.39. The predicted molar refractivity (Wildman–Crippen MR) is 147 cm³/mol. The highest BCUT2D eigenvalue weighted by Crippen LogP contribution is 2.22. The van der Waals surface area contributed by atoms with Gasteiger partial charge in [0.1, 0.15) is 5.82 Å². The van der Waals surface area contributed by atoms with Crippen LogP contribution >= 0.6 is 11.6 Å². The third-order valence-electron chi connectivity index (χ3n) is 6.44. The van der Waals surface area contributed by atoms with Gasteiger partial charge in [-0.05, 0) is 67.3 Å². The molecule has 0 bridgehead atoms. The Balaban J connectivity index is 1.40. The molecule has 0 unspecified atom stereocenters. The Bertz CT molecular complexity index is 1510. The van der Waals surface area contributed by atoms with Gasteiger partial charge in [0.2, 0.25) is 26.0 Å². The van der Waals surface area contributed by atoms with Crippen molar-refractivity contribution in [2.24, 2.45) is 0 Å². The van der Waals surface area contributed by atoms with Gasteiger partial charge < -0.3 is 5.32 Å². The summed E-state index contributed by atoms with van der Waals surface area (Å²) in [6.45, 7) is 0.394. The number of nitrogens with one attached hydrogen (secondary N) is 1. The fraction of sp³-hybridized carbons (Fsp3) is 0.296. The highest BCUT2D eigenvalue weighted by Gasteiger charge is 2.28. The molecule has 0 aliphatic carbocycles. The highest BCUT2D eigenvalue weighted by molar-refractivity contribution is 7.89.